The third-order valence-corrected chi connectivity index (χ3v) is 4.86. The Bertz CT molecular complexity index is 1140. The number of amides is 1. The molecular formula is C24H27F2N3O3. The van der Waals surface area contributed by atoms with Crippen LogP contribution >= 0.6 is 0 Å². The number of nitrogens with zero attached hydrogens (tertiary/aromatic N) is 2. The second-order valence-corrected chi connectivity index (χ2v) is 7.55. The van der Waals surface area contributed by atoms with Crippen molar-refractivity contribution in [1.82, 2.24) is 4.57 Å². The number of aromatic nitrogens is 1. The van der Waals surface area contributed by atoms with E-state index < -0.39 is 12.7 Å². The molecule has 3 rings (SSSR count). The lowest BCUT2D eigenvalue weighted by molar-refractivity contribution is -0.0497. The largest absolute Gasteiger partial charge is 0.447 e. The lowest BCUT2D eigenvalue weighted by Gasteiger charge is -2.13. The number of alkyl halides is 2. The summed E-state index contributed by atoms with van der Waals surface area (Å²) in [4.78, 5) is 11.8. The van der Waals surface area contributed by atoms with Crippen molar-refractivity contribution in [2.75, 3.05) is 5.32 Å². The number of unbranched alkanes of at least 4 members (excludes halogenated alkanes) is 1. The Morgan fingerprint density at radius 3 is 2.53 bits per heavy atom. The average Bonchev–Trinajstić information content (AvgIpc) is 3.04. The van der Waals surface area contributed by atoms with Gasteiger partial charge in [0.05, 0.1) is 22.9 Å². The number of anilines is 1. The lowest BCUT2D eigenvalue weighted by Crippen LogP contribution is -2.17. The molecule has 0 aliphatic carbocycles. The molecule has 0 bridgehead atoms. The molecular weight excluding hydrogens is 416 g/mol. The van der Waals surface area contributed by atoms with E-state index in [0.29, 0.717) is 34.4 Å². The first kappa shape index (κ1) is 23.1. The summed E-state index contributed by atoms with van der Waals surface area (Å²) in [5.74, 6) is 0.0435. The lowest BCUT2D eigenvalue weighted by atomic mass is 10.1. The van der Waals surface area contributed by atoms with Crippen molar-refractivity contribution < 1.29 is 24.5 Å². The van der Waals surface area contributed by atoms with Gasteiger partial charge in [0, 0.05) is 25.1 Å². The minimum Gasteiger partial charge on any atom is -0.447 e. The van der Waals surface area contributed by atoms with Crippen LogP contribution in [0.1, 0.15) is 40.6 Å². The van der Waals surface area contributed by atoms with Gasteiger partial charge in [-0.1, -0.05) is 25.5 Å². The molecule has 170 valence electrons. The second-order valence-electron chi connectivity index (χ2n) is 7.55. The Kier molecular flexibility index (Phi) is 7.31. The highest BCUT2D eigenvalue weighted by Gasteiger charge is 2.20. The molecule has 0 saturated heterocycles. The molecule has 0 unspecified atom stereocenters. The first-order chi connectivity index (χ1) is 15.3. The number of benzene rings is 2. The summed E-state index contributed by atoms with van der Waals surface area (Å²) in [5, 5.41) is 13.2. The van der Waals surface area contributed by atoms with Gasteiger partial charge in [0.25, 0.3) is 0 Å². The maximum atomic E-state index is 12.7. The molecule has 32 heavy (non-hydrogen) atoms. The fourth-order valence-electron chi connectivity index (χ4n) is 3.54. The standard InChI is InChI=1S/C24H25F2N3O3.H2/c1-4-5-12-29-21-13-18(32-23(25)26)10-11-19(21)20(14-27)22(29)16-6-8-17(9-7-16)28-24(30)31-15(2)3;/h6-11,13,15,23H,4-5,12H2,1-3H3,(H,28,30);1H. The molecule has 6 nitrogen and oxygen atoms in total. The fourth-order valence-corrected chi connectivity index (χ4v) is 3.54. The van der Waals surface area contributed by atoms with E-state index in [2.05, 4.69) is 23.0 Å². The summed E-state index contributed by atoms with van der Waals surface area (Å²) >= 11 is 0. The number of aryl methyl sites for hydroxylation is 1. The Labute approximate surface area is 186 Å². The number of halogens is 2. The van der Waals surface area contributed by atoms with Gasteiger partial charge in [0.15, 0.2) is 0 Å². The Hall–Kier alpha value is -3.60. The van der Waals surface area contributed by atoms with Gasteiger partial charge in [-0.05, 0) is 50.1 Å². The summed E-state index contributed by atoms with van der Waals surface area (Å²) in [6.45, 7) is 3.27. The van der Waals surface area contributed by atoms with Crippen LogP contribution in [-0.2, 0) is 11.3 Å². The topological polar surface area (TPSA) is 76.3 Å². The molecule has 1 amide bonds. The van der Waals surface area contributed by atoms with E-state index in [0.717, 1.165) is 18.4 Å². The third-order valence-electron chi connectivity index (χ3n) is 4.86. The van der Waals surface area contributed by atoms with Crippen LogP contribution < -0.4 is 10.1 Å². The fraction of sp³-hybridized carbons (Fsp3) is 0.333. The van der Waals surface area contributed by atoms with Crippen molar-refractivity contribution in [3.8, 4) is 23.1 Å². The zero-order valence-electron chi connectivity index (χ0n) is 18.2. The van der Waals surface area contributed by atoms with Crippen molar-refractivity contribution in [3.05, 3.63) is 48.0 Å². The molecule has 0 aliphatic rings. The zero-order valence-corrected chi connectivity index (χ0v) is 18.2. The number of carbonyl (C=O) groups excluding carboxylic acids is 1. The Morgan fingerprint density at radius 2 is 1.94 bits per heavy atom. The number of hydrogen-bond donors (Lipinski definition) is 1. The number of nitrogens with one attached hydrogen (secondary N) is 1. The number of fused-ring (bicyclic) bond motifs is 1. The summed E-state index contributed by atoms with van der Waals surface area (Å²) in [6, 6.07) is 13.9. The van der Waals surface area contributed by atoms with Crippen molar-refractivity contribution in [2.24, 2.45) is 0 Å². The highest BCUT2D eigenvalue weighted by molar-refractivity contribution is 5.95. The molecule has 0 radical (unpaired) electrons. The number of ether oxygens (including phenoxy) is 2. The van der Waals surface area contributed by atoms with Gasteiger partial charge in [-0.25, -0.2) is 4.79 Å². The molecule has 0 atom stereocenters. The zero-order chi connectivity index (χ0) is 23.3. The summed E-state index contributed by atoms with van der Waals surface area (Å²) < 4.78 is 37.1. The maximum Gasteiger partial charge on any atom is 0.411 e. The van der Waals surface area contributed by atoms with Gasteiger partial charge in [-0.15, -0.1) is 0 Å². The van der Waals surface area contributed by atoms with Crippen molar-refractivity contribution >= 4 is 22.7 Å². The summed E-state index contributed by atoms with van der Waals surface area (Å²) in [7, 11) is 0. The van der Waals surface area contributed by atoms with Crippen LogP contribution in [0.25, 0.3) is 22.2 Å². The van der Waals surface area contributed by atoms with Crippen LogP contribution in [0.2, 0.25) is 0 Å². The molecule has 3 aromatic rings. The minimum absolute atomic E-state index is 0. The van der Waals surface area contributed by atoms with Crippen LogP contribution in [0, 0.1) is 11.3 Å². The predicted octanol–water partition coefficient (Wildman–Crippen LogP) is 6.78. The van der Waals surface area contributed by atoms with Gasteiger partial charge in [-0.3, -0.25) is 5.32 Å². The first-order valence-corrected chi connectivity index (χ1v) is 10.4. The highest BCUT2D eigenvalue weighted by atomic mass is 19.3. The molecule has 1 heterocycles. The summed E-state index contributed by atoms with van der Waals surface area (Å²) in [5.41, 5.74) is 3.14. The SMILES string of the molecule is CCCCn1c(-c2ccc(NC(=O)OC(C)C)cc2)c(C#N)c2ccc(OC(F)F)cc21.[HH]. The van der Waals surface area contributed by atoms with E-state index in [4.69, 9.17) is 4.74 Å². The van der Waals surface area contributed by atoms with Crippen LogP contribution in [0.15, 0.2) is 42.5 Å². The molecule has 0 fully saturated rings. The van der Waals surface area contributed by atoms with E-state index >= 15 is 0 Å². The second kappa shape index (κ2) is 10.1. The number of hydrogen-bond acceptors (Lipinski definition) is 4. The average molecular weight is 443 g/mol. The predicted molar refractivity (Wildman–Crippen MR) is 121 cm³/mol. The van der Waals surface area contributed by atoms with Gasteiger partial charge in [0.1, 0.15) is 11.8 Å². The maximum absolute atomic E-state index is 12.7. The van der Waals surface area contributed by atoms with E-state index in [1.165, 1.54) is 6.07 Å². The van der Waals surface area contributed by atoms with E-state index in [1.807, 2.05) is 4.57 Å². The number of carbonyl (C=O) groups is 1. The van der Waals surface area contributed by atoms with Gasteiger partial charge in [-0.2, -0.15) is 14.0 Å². The number of nitriles is 1. The van der Waals surface area contributed by atoms with Gasteiger partial charge < -0.3 is 14.0 Å². The molecule has 1 aromatic heterocycles. The van der Waals surface area contributed by atoms with Crippen molar-refractivity contribution in [3.63, 3.8) is 0 Å². The third kappa shape index (κ3) is 5.17. The minimum atomic E-state index is -2.93. The molecule has 0 aliphatic heterocycles. The van der Waals surface area contributed by atoms with Gasteiger partial charge >= 0.3 is 12.7 Å². The van der Waals surface area contributed by atoms with Crippen LogP contribution in [0.5, 0.6) is 5.75 Å². The first-order valence-electron chi connectivity index (χ1n) is 10.4. The van der Waals surface area contributed by atoms with E-state index in [-0.39, 0.29) is 13.3 Å². The number of rotatable bonds is 8. The van der Waals surface area contributed by atoms with Crippen LogP contribution in [0.3, 0.4) is 0 Å². The van der Waals surface area contributed by atoms with E-state index in [9.17, 15) is 18.8 Å². The Morgan fingerprint density at radius 1 is 1.22 bits per heavy atom. The van der Waals surface area contributed by atoms with Crippen LogP contribution in [0.4, 0.5) is 19.3 Å². The van der Waals surface area contributed by atoms with Gasteiger partial charge in [0.2, 0.25) is 0 Å². The molecule has 0 saturated carbocycles. The Balaban J connectivity index is 0.00000385. The molecule has 0 spiro atoms. The molecule has 1 N–H and O–H groups in total. The normalized spacial score (nSPS) is 11.1. The van der Waals surface area contributed by atoms with E-state index in [1.54, 1.807) is 50.2 Å². The summed E-state index contributed by atoms with van der Waals surface area (Å²) in [6.07, 6.45) is 0.992. The molecule has 8 heteroatoms. The van der Waals surface area contributed by atoms with Crippen molar-refractivity contribution in [2.45, 2.75) is 52.9 Å². The quantitative estimate of drug-likeness (QED) is 0.416. The monoisotopic (exact) mass is 443 g/mol. The van der Waals surface area contributed by atoms with Crippen molar-refractivity contribution in [1.29, 1.82) is 5.26 Å². The highest BCUT2D eigenvalue weighted by Crippen LogP contribution is 2.36. The molecule has 2 aromatic carbocycles. The van der Waals surface area contributed by atoms with Crippen LogP contribution in [-0.4, -0.2) is 23.4 Å². The smallest absolute Gasteiger partial charge is 0.411 e.